The fraction of sp³-hybridized carbons (Fsp3) is 0.462. The first-order valence-corrected chi connectivity index (χ1v) is 5.61. The van der Waals surface area contributed by atoms with Gasteiger partial charge >= 0.3 is 0 Å². The first-order chi connectivity index (χ1) is 7.53. The van der Waals surface area contributed by atoms with Gasteiger partial charge in [0.25, 0.3) is 5.91 Å². The van der Waals surface area contributed by atoms with Crippen LogP contribution < -0.4 is 0 Å². The fourth-order valence-corrected chi connectivity index (χ4v) is 2.59. The van der Waals surface area contributed by atoms with Crippen LogP contribution in [0.5, 0.6) is 0 Å². The first kappa shape index (κ1) is 9.82. The molecular formula is C13H14FNO. The smallest absolute Gasteiger partial charge is 0.254 e. The number of nitrogens with zero attached hydrogens (tertiary/aromatic N) is 1. The van der Waals surface area contributed by atoms with Gasteiger partial charge in [-0.15, -0.1) is 0 Å². The number of carbonyl (C=O) groups is 1. The SMILES string of the molecule is Cc1cc2c(cc1F)CC1(CC1)N(C)C2=O. The second kappa shape index (κ2) is 2.84. The summed E-state index contributed by atoms with van der Waals surface area (Å²) in [4.78, 5) is 14.0. The van der Waals surface area contributed by atoms with Crippen LogP contribution in [-0.4, -0.2) is 23.4 Å². The molecule has 0 radical (unpaired) electrons. The topological polar surface area (TPSA) is 20.3 Å². The van der Waals surface area contributed by atoms with Gasteiger partial charge in [-0.1, -0.05) is 0 Å². The molecule has 1 aromatic rings. The zero-order chi connectivity index (χ0) is 11.5. The highest BCUT2D eigenvalue weighted by Crippen LogP contribution is 2.47. The van der Waals surface area contributed by atoms with E-state index in [4.69, 9.17) is 0 Å². The van der Waals surface area contributed by atoms with Gasteiger partial charge in [-0.05, 0) is 49.4 Å². The van der Waals surface area contributed by atoms with E-state index in [1.165, 1.54) is 6.07 Å². The molecule has 3 heteroatoms. The summed E-state index contributed by atoms with van der Waals surface area (Å²) < 4.78 is 13.5. The number of fused-ring (bicyclic) bond motifs is 1. The number of benzene rings is 1. The summed E-state index contributed by atoms with van der Waals surface area (Å²) >= 11 is 0. The molecular weight excluding hydrogens is 205 g/mol. The minimum absolute atomic E-state index is 0.00574. The van der Waals surface area contributed by atoms with Gasteiger partial charge in [0, 0.05) is 18.2 Å². The van der Waals surface area contributed by atoms with Crippen LogP contribution in [0, 0.1) is 12.7 Å². The number of halogens is 1. The average molecular weight is 219 g/mol. The van der Waals surface area contributed by atoms with E-state index in [-0.39, 0.29) is 17.3 Å². The molecule has 0 aromatic heterocycles. The van der Waals surface area contributed by atoms with Gasteiger partial charge in [0.15, 0.2) is 0 Å². The molecule has 1 aromatic carbocycles. The largest absolute Gasteiger partial charge is 0.336 e. The summed E-state index contributed by atoms with van der Waals surface area (Å²) in [5, 5.41) is 0. The predicted molar refractivity (Wildman–Crippen MR) is 58.9 cm³/mol. The highest BCUT2D eigenvalue weighted by Gasteiger charge is 2.51. The molecule has 0 unspecified atom stereocenters. The van der Waals surface area contributed by atoms with E-state index in [9.17, 15) is 9.18 Å². The van der Waals surface area contributed by atoms with E-state index in [0.29, 0.717) is 11.1 Å². The Morgan fingerprint density at radius 1 is 1.38 bits per heavy atom. The fourth-order valence-electron chi connectivity index (χ4n) is 2.59. The maximum atomic E-state index is 13.5. The van der Waals surface area contributed by atoms with Gasteiger partial charge in [-0.2, -0.15) is 0 Å². The minimum atomic E-state index is -0.202. The van der Waals surface area contributed by atoms with Crippen molar-refractivity contribution in [2.24, 2.45) is 0 Å². The van der Waals surface area contributed by atoms with Gasteiger partial charge in [0.2, 0.25) is 0 Å². The van der Waals surface area contributed by atoms with Crippen molar-refractivity contribution < 1.29 is 9.18 Å². The van der Waals surface area contributed by atoms with E-state index in [0.717, 1.165) is 24.8 Å². The highest BCUT2D eigenvalue weighted by molar-refractivity contribution is 5.97. The van der Waals surface area contributed by atoms with Crippen LogP contribution in [0.4, 0.5) is 4.39 Å². The molecule has 2 aliphatic rings. The summed E-state index contributed by atoms with van der Waals surface area (Å²) in [6, 6.07) is 3.22. The van der Waals surface area contributed by atoms with Gasteiger partial charge < -0.3 is 4.90 Å². The molecule has 1 fully saturated rings. The molecule has 3 rings (SSSR count). The third kappa shape index (κ3) is 1.14. The van der Waals surface area contributed by atoms with Crippen molar-refractivity contribution in [2.45, 2.75) is 31.7 Å². The summed E-state index contributed by atoms with van der Waals surface area (Å²) in [7, 11) is 1.86. The van der Waals surface area contributed by atoms with E-state index in [1.54, 1.807) is 13.0 Å². The summed E-state index contributed by atoms with van der Waals surface area (Å²) in [6.07, 6.45) is 2.90. The lowest BCUT2D eigenvalue weighted by atomic mass is 9.90. The van der Waals surface area contributed by atoms with Crippen LogP contribution in [0.3, 0.4) is 0 Å². The number of carbonyl (C=O) groups excluding carboxylic acids is 1. The molecule has 1 saturated carbocycles. The lowest BCUT2D eigenvalue weighted by Gasteiger charge is -2.34. The maximum absolute atomic E-state index is 13.5. The Morgan fingerprint density at radius 2 is 2.06 bits per heavy atom. The molecule has 2 nitrogen and oxygen atoms in total. The van der Waals surface area contributed by atoms with E-state index >= 15 is 0 Å². The van der Waals surface area contributed by atoms with Gasteiger partial charge in [-0.3, -0.25) is 4.79 Å². The molecule has 0 atom stereocenters. The van der Waals surface area contributed by atoms with Crippen LogP contribution in [0.2, 0.25) is 0 Å². The highest BCUT2D eigenvalue weighted by atomic mass is 19.1. The van der Waals surface area contributed by atoms with E-state index in [2.05, 4.69) is 0 Å². The third-order valence-electron chi connectivity index (χ3n) is 3.98. The number of amides is 1. The van der Waals surface area contributed by atoms with Crippen molar-refractivity contribution in [1.29, 1.82) is 0 Å². The van der Waals surface area contributed by atoms with Crippen molar-refractivity contribution in [3.8, 4) is 0 Å². The Labute approximate surface area is 94.1 Å². The van der Waals surface area contributed by atoms with Crippen LogP contribution in [0.25, 0.3) is 0 Å². The molecule has 1 spiro atoms. The maximum Gasteiger partial charge on any atom is 0.254 e. The van der Waals surface area contributed by atoms with Crippen molar-refractivity contribution in [3.05, 3.63) is 34.6 Å². The van der Waals surface area contributed by atoms with Gasteiger partial charge in [0.05, 0.1) is 0 Å². The van der Waals surface area contributed by atoms with E-state index < -0.39 is 0 Å². The zero-order valence-corrected chi connectivity index (χ0v) is 9.51. The van der Waals surface area contributed by atoms with Crippen molar-refractivity contribution in [3.63, 3.8) is 0 Å². The van der Waals surface area contributed by atoms with Crippen molar-refractivity contribution >= 4 is 5.91 Å². The van der Waals surface area contributed by atoms with Crippen LogP contribution in [0.1, 0.15) is 34.3 Å². The summed E-state index contributed by atoms with van der Waals surface area (Å²) in [5.41, 5.74) is 2.11. The number of likely N-dealkylation sites (N-methyl/N-ethyl adjacent to an activating group) is 1. The Kier molecular flexibility index (Phi) is 1.74. The normalized spacial score (nSPS) is 21.2. The number of rotatable bonds is 0. The second-order valence-corrected chi connectivity index (χ2v) is 5.02. The molecule has 1 heterocycles. The third-order valence-corrected chi connectivity index (χ3v) is 3.98. The van der Waals surface area contributed by atoms with Crippen molar-refractivity contribution in [1.82, 2.24) is 4.90 Å². The van der Waals surface area contributed by atoms with Crippen LogP contribution in [0.15, 0.2) is 12.1 Å². The molecule has 0 N–H and O–H groups in total. The first-order valence-electron chi connectivity index (χ1n) is 5.61. The lowest BCUT2D eigenvalue weighted by Crippen LogP contribution is -2.45. The lowest BCUT2D eigenvalue weighted by molar-refractivity contribution is 0.0680. The van der Waals surface area contributed by atoms with Gasteiger partial charge in [-0.25, -0.2) is 4.39 Å². The number of hydrogen-bond acceptors (Lipinski definition) is 1. The molecule has 16 heavy (non-hydrogen) atoms. The Hall–Kier alpha value is -1.38. The van der Waals surface area contributed by atoms with Gasteiger partial charge in [0.1, 0.15) is 5.82 Å². The average Bonchev–Trinajstić information content (AvgIpc) is 3.00. The molecule has 0 bridgehead atoms. The molecule has 1 amide bonds. The van der Waals surface area contributed by atoms with E-state index in [1.807, 2.05) is 11.9 Å². The second-order valence-electron chi connectivity index (χ2n) is 5.02. The zero-order valence-electron chi connectivity index (χ0n) is 9.51. The molecule has 1 aliphatic carbocycles. The molecule has 0 saturated heterocycles. The minimum Gasteiger partial charge on any atom is -0.336 e. The van der Waals surface area contributed by atoms with Crippen LogP contribution >= 0.6 is 0 Å². The Bertz CT molecular complexity index is 491. The number of aryl methyl sites for hydroxylation is 1. The Balaban J connectivity index is 2.15. The monoisotopic (exact) mass is 219 g/mol. The summed E-state index contributed by atoms with van der Waals surface area (Å²) in [5.74, 6) is -0.159. The predicted octanol–water partition coefficient (Wildman–Crippen LogP) is 2.29. The Morgan fingerprint density at radius 3 is 2.69 bits per heavy atom. The summed E-state index contributed by atoms with van der Waals surface area (Å²) in [6.45, 7) is 1.70. The molecule has 1 aliphatic heterocycles. The number of hydrogen-bond donors (Lipinski definition) is 0. The van der Waals surface area contributed by atoms with Crippen molar-refractivity contribution in [2.75, 3.05) is 7.05 Å². The standard InChI is InChI=1S/C13H14FNO/c1-8-5-10-9(6-11(8)14)7-13(3-4-13)15(2)12(10)16/h5-6H,3-4,7H2,1-2H3. The quantitative estimate of drug-likeness (QED) is 0.655. The van der Waals surface area contributed by atoms with Crippen LogP contribution in [-0.2, 0) is 6.42 Å². The molecule has 84 valence electrons.